The van der Waals surface area contributed by atoms with Crippen LogP contribution in [0.1, 0.15) is 18.5 Å². The van der Waals surface area contributed by atoms with Crippen molar-refractivity contribution in [1.82, 2.24) is 9.55 Å². The van der Waals surface area contributed by atoms with Gasteiger partial charge in [-0.25, -0.2) is 9.37 Å². The van der Waals surface area contributed by atoms with Crippen LogP contribution in [0.25, 0.3) is 11.3 Å². The molecule has 0 atom stereocenters. The number of hydrogen-bond donors (Lipinski definition) is 0. The SMILES string of the molecule is Fc1ccc(-c2nc(Br)n3c2CCCC3)cc1Cl. The molecule has 0 fully saturated rings. The second kappa shape index (κ2) is 4.67. The van der Waals surface area contributed by atoms with Crippen LogP contribution in [0.5, 0.6) is 0 Å². The van der Waals surface area contributed by atoms with Crippen molar-refractivity contribution in [2.75, 3.05) is 0 Å². The third-order valence-corrected chi connectivity index (χ3v) is 4.16. The van der Waals surface area contributed by atoms with Crippen LogP contribution in [0, 0.1) is 5.82 Å². The summed E-state index contributed by atoms with van der Waals surface area (Å²) in [6, 6.07) is 4.76. The van der Waals surface area contributed by atoms with Gasteiger partial charge in [0.1, 0.15) is 5.82 Å². The van der Waals surface area contributed by atoms with E-state index in [-0.39, 0.29) is 5.02 Å². The van der Waals surface area contributed by atoms with Crippen LogP contribution in [0.3, 0.4) is 0 Å². The van der Waals surface area contributed by atoms with Gasteiger partial charge < -0.3 is 4.57 Å². The van der Waals surface area contributed by atoms with Crippen LogP contribution in [0.2, 0.25) is 5.02 Å². The normalized spacial score (nSPS) is 14.6. The molecule has 0 radical (unpaired) electrons. The summed E-state index contributed by atoms with van der Waals surface area (Å²) in [4.78, 5) is 4.53. The summed E-state index contributed by atoms with van der Waals surface area (Å²) in [6.45, 7) is 0.984. The summed E-state index contributed by atoms with van der Waals surface area (Å²) in [5.74, 6) is -0.396. The van der Waals surface area contributed by atoms with Gasteiger partial charge in [-0.15, -0.1) is 0 Å². The number of nitrogens with zero attached hydrogens (tertiary/aromatic N) is 2. The molecule has 0 aliphatic carbocycles. The van der Waals surface area contributed by atoms with Gasteiger partial charge in [0.2, 0.25) is 0 Å². The highest BCUT2D eigenvalue weighted by molar-refractivity contribution is 9.10. The third-order valence-electron chi connectivity index (χ3n) is 3.26. The molecule has 0 bridgehead atoms. The molecule has 18 heavy (non-hydrogen) atoms. The molecule has 3 rings (SSSR count). The summed E-state index contributed by atoms with van der Waals surface area (Å²) in [6.07, 6.45) is 3.34. The number of benzene rings is 1. The lowest BCUT2D eigenvalue weighted by molar-refractivity contribution is 0.525. The Morgan fingerprint density at radius 2 is 2.17 bits per heavy atom. The molecule has 1 aromatic heterocycles. The predicted octanol–water partition coefficient (Wildman–Crippen LogP) is 4.44. The van der Waals surface area contributed by atoms with Gasteiger partial charge in [-0.05, 0) is 53.4 Å². The molecule has 2 heterocycles. The zero-order chi connectivity index (χ0) is 12.7. The topological polar surface area (TPSA) is 17.8 Å². The molecule has 94 valence electrons. The van der Waals surface area contributed by atoms with Crippen LogP contribution >= 0.6 is 27.5 Å². The van der Waals surface area contributed by atoms with Crippen LogP contribution in [0.15, 0.2) is 22.9 Å². The lowest BCUT2D eigenvalue weighted by atomic mass is 10.0. The fraction of sp³-hybridized carbons (Fsp3) is 0.308. The molecule has 0 unspecified atom stereocenters. The first kappa shape index (κ1) is 12.2. The Hall–Kier alpha value is -0.870. The molecule has 1 aromatic carbocycles. The number of rotatable bonds is 1. The molecule has 0 N–H and O–H groups in total. The Kier molecular flexibility index (Phi) is 3.16. The molecule has 1 aliphatic rings. The Labute approximate surface area is 118 Å². The minimum absolute atomic E-state index is 0.140. The van der Waals surface area contributed by atoms with E-state index in [0.29, 0.717) is 0 Å². The second-order valence-corrected chi connectivity index (χ2v) is 5.53. The van der Waals surface area contributed by atoms with Crippen LogP contribution in [0.4, 0.5) is 4.39 Å². The summed E-state index contributed by atoms with van der Waals surface area (Å²) < 4.78 is 16.2. The highest BCUT2D eigenvalue weighted by Gasteiger charge is 2.20. The van der Waals surface area contributed by atoms with Gasteiger partial charge in [0.25, 0.3) is 0 Å². The molecule has 0 spiro atoms. The van der Waals surface area contributed by atoms with E-state index in [0.717, 1.165) is 29.0 Å². The molecule has 5 heteroatoms. The molecular formula is C13H11BrClFN2. The maximum Gasteiger partial charge on any atom is 0.177 e. The lowest BCUT2D eigenvalue weighted by Crippen LogP contribution is -2.10. The zero-order valence-corrected chi connectivity index (χ0v) is 11.9. The average Bonchev–Trinajstić information content (AvgIpc) is 2.71. The summed E-state index contributed by atoms with van der Waals surface area (Å²) in [5, 5.41) is 0.140. The second-order valence-electron chi connectivity index (χ2n) is 4.41. The minimum Gasteiger partial charge on any atom is -0.322 e. The van der Waals surface area contributed by atoms with Crippen molar-refractivity contribution in [2.24, 2.45) is 0 Å². The van der Waals surface area contributed by atoms with E-state index >= 15 is 0 Å². The van der Waals surface area contributed by atoms with Crippen molar-refractivity contribution in [1.29, 1.82) is 0 Å². The Morgan fingerprint density at radius 3 is 2.94 bits per heavy atom. The van der Waals surface area contributed by atoms with E-state index in [9.17, 15) is 4.39 Å². The van der Waals surface area contributed by atoms with Crippen molar-refractivity contribution in [3.05, 3.63) is 39.5 Å². The standard InChI is InChI=1S/C13H11BrClFN2/c14-13-17-12(11-3-1-2-6-18(11)13)8-4-5-10(16)9(15)7-8/h4-5,7H,1-3,6H2. The van der Waals surface area contributed by atoms with Gasteiger partial charge in [-0.3, -0.25) is 0 Å². The Bertz CT molecular complexity index is 609. The average molecular weight is 330 g/mol. The van der Waals surface area contributed by atoms with Gasteiger partial charge in [0.15, 0.2) is 4.73 Å². The van der Waals surface area contributed by atoms with Crippen molar-refractivity contribution >= 4 is 27.5 Å². The zero-order valence-electron chi connectivity index (χ0n) is 9.59. The van der Waals surface area contributed by atoms with E-state index in [4.69, 9.17) is 11.6 Å². The molecule has 0 saturated heterocycles. The summed E-state index contributed by atoms with van der Waals surface area (Å²) in [5.41, 5.74) is 2.98. The van der Waals surface area contributed by atoms with E-state index in [1.54, 1.807) is 12.1 Å². The largest absolute Gasteiger partial charge is 0.322 e. The first-order chi connectivity index (χ1) is 8.66. The number of fused-ring (bicyclic) bond motifs is 1. The van der Waals surface area contributed by atoms with Gasteiger partial charge in [-0.1, -0.05) is 11.6 Å². The van der Waals surface area contributed by atoms with E-state index in [2.05, 4.69) is 25.5 Å². The molecule has 2 nitrogen and oxygen atoms in total. The van der Waals surface area contributed by atoms with Crippen LogP contribution in [-0.2, 0) is 13.0 Å². The maximum atomic E-state index is 13.2. The van der Waals surface area contributed by atoms with Crippen molar-refractivity contribution in [3.8, 4) is 11.3 Å². The summed E-state index contributed by atoms with van der Waals surface area (Å²) >= 11 is 9.31. The lowest BCUT2D eigenvalue weighted by Gasteiger charge is -2.16. The number of hydrogen-bond acceptors (Lipinski definition) is 1. The number of imidazole rings is 1. The van der Waals surface area contributed by atoms with Crippen molar-refractivity contribution in [2.45, 2.75) is 25.8 Å². The van der Waals surface area contributed by atoms with Crippen LogP contribution in [-0.4, -0.2) is 9.55 Å². The minimum atomic E-state index is -0.396. The van der Waals surface area contributed by atoms with Gasteiger partial charge >= 0.3 is 0 Å². The van der Waals surface area contributed by atoms with Crippen molar-refractivity contribution < 1.29 is 4.39 Å². The molecule has 2 aromatic rings. The Morgan fingerprint density at radius 1 is 1.33 bits per heavy atom. The molecule has 0 amide bonds. The van der Waals surface area contributed by atoms with Gasteiger partial charge in [-0.2, -0.15) is 0 Å². The van der Waals surface area contributed by atoms with Gasteiger partial charge in [0.05, 0.1) is 10.7 Å². The monoisotopic (exact) mass is 328 g/mol. The van der Waals surface area contributed by atoms with E-state index < -0.39 is 5.82 Å². The van der Waals surface area contributed by atoms with Gasteiger partial charge in [0, 0.05) is 17.8 Å². The quantitative estimate of drug-likeness (QED) is 0.756. The number of aromatic nitrogens is 2. The fourth-order valence-corrected chi connectivity index (χ4v) is 3.12. The van der Waals surface area contributed by atoms with Crippen molar-refractivity contribution in [3.63, 3.8) is 0 Å². The summed E-state index contributed by atoms with van der Waals surface area (Å²) in [7, 11) is 0. The van der Waals surface area contributed by atoms with Crippen LogP contribution < -0.4 is 0 Å². The first-order valence-electron chi connectivity index (χ1n) is 5.87. The first-order valence-corrected chi connectivity index (χ1v) is 7.04. The maximum absolute atomic E-state index is 13.2. The third kappa shape index (κ3) is 1.97. The Balaban J connectivity index is 2.14. The molecule has 1 aliphatic heterocycles. The van der Waals surface area contributed by atoms with E-state index in [1.807, 2.05) is 0 Å². The predicted molar refractivity (Wildman–Crippen MR) is 73.3 cm³/mol. The highest BCUT2D eigenvalue weighted by Crippen LogP contribution is 2.32. The fourth-order valence-electron chi connectivity index (χ4n) is 2.37. The van der Waals surface area contributed by atoms with E-state index in [1.165, 1.54) is 24.6 Å². The smallest absolute Gasteiger partial charge is 0.177 e. The number of halogens is 3. The molecular weight excluding hydrogens is 319 g/mol. The highest BCUT2D eigenvalue weighted by atomic mass is 79.9. The molecule has 0 saturated carbocycles.